The van der Waals surface area contributed by atoms with Crippen LogP contribution in [0.3, 0.4) is 0 Å². The summed E-state index contributed by atoms with van der Waals surface area (Å²) >= 11 is 0. The number of aromatic nitrogens is 1. The van der Waals surface area contributed by atoms with Crippen LogP contribution in [-0.4, -0.2) is 34.7 Å². The maximum Gasteiger partial charge on any atom is 0.254 e. The number of hydrogen-bond acceptors (Lipinski definition) is 4. The molecule has 2 fully saturated rings. The van der Waals surface area contributed by atoms with Crippen LogP contribution in [-0.2, 0) is 9.59 Å². The number of amides is 2. The number of carbonyl (C=O) groups is 2. The summed E-state index contributed by atoms with van der Waals surface area (Å²) < 4.78 is 7.37. The van der Waals surface area contributed by atoms with Crippen molar-refractivity contribution in [2.75, 3.05) is 7.11 Å². The molecule has 2 heterocycles. The van der Waals surface area contributed by atoms with Gasteiger partial charge in [-0.3, -0.25) is 9.59 Å². The van der Waals surface area contributed by atoms with Crippen molar-refractivity contribution in [2.45, 2.75) is 26.7 Å². The Kier molecular flexibility index (Phi) is 4.38. The second-order valence-electron chi connectivity index (χ2n) is 8.43. The van der Waals surface area contributed by atoms with Crippen molar-refractivity contribution in [1.29, 1.82) is 0 Å². The highest BCUT2D eigenvalue weighted by Gasteiger charge is 2.56. The Morgan fingerprint density at radius 1 is 1.00 bits per heavy atom. The first-order chi connectivity index (χ1) is 14.5. The molecule has 0 N–H and O–H groups in total. The number of carbonyl (C=O) groups excluding carboxylic acids is 2. The van der Waals surface area contributed by atoms with E-state index < -0.39 is 0 Å². The molecule has 6 rings (SSSR count). The Balaban J connectivity index is 1.42. The van der Waals surface area contributed by atoms with Crippen molar-refractivity contribution >= 4 is 18.0 Å². The number of fused-ring (bicyclic) bond motifs is 1. The molecule has 6 heteroatoms. The lowest BCUT2D eigenvalue weighted by atomic mass is 9.63. The molecule has 1 aromatic heterocycles. The molecule has 4 atom stereocenters. The van der Waals surface area contributed by atoms with Crippen molar-refractivity contribution in [3.63, 3.8) is 0 Å². The third-order valence-corrected chi connectivity index (χ3v) is 6.85. The standard InChI is InChI=1S/C24H25N3O3/c1-14-12-18(15(2)26(14)19-8-10-20(30-3)11-9-19)13-25-27-23(28)21-16-4-5-17(7-6-16)22(21)24(27)29/h4-5,8-13,16-17,21-22H,6-7H2,1-3H3/b25-13-/t16-,17-,21-,22+/m0/s1. The number of hydrogen-bond donors (Lipinski definition) is 0. The van der Waals surface area contributed by atoms with E-state index in [2.05, 4.69) is 21.8 Å². The molecule has 6 nitrogen and oxygen atoms in total. The van der Waals surface area contributed by atoms with Crippen LogP contribution in [0, 0.1) is 37.5 Å². The van der Waals surface area contributed by atoms with E-state index >= 15 is 0 Å². The molecule has 0 spiro atoms. The fourth-order valence-electron chi connectivity index (χ4n) is 5.34. The first-order valence-electron chi connectivity index (χ1n) is 10.4. The minimum atomic E-state index is -0.231. The second-order valence-corrected chi connectivity index (χ2v) is 8.43. The third-order valence-electron chi connectivity index (χ3n) is 6.85. The summed E-state index contributed by atoms with van der Waals surface area (Å²) in [7, 11) is 1.65. The Morgan fingerprint density at radius 2 is 1.60 bits per heavy atom. The summed E-state index contributed by atoms with van der Waals surface area (Å²) in [5.74, 6) is 0.399. The van der Waals surface area contributed by atoms with Crippen molar-refractivity contribution in [3.05, 3.63) is 59.4 Å². The van der Waals surface area contributed by atoms with Gasteiger partial charge in [-0.25, -0.2) is 0 Å². The molecule has 30 heavy (non-hydrogen) atoms. The third kappa shape index (κ3) is 2.74. The molecule has 1 aliphatic heterocycles. The van der Waals surface area contributed by atoms with Crippen LogP contribution in [0.4, 0.5) is 0 Å². The van der Waals surface area contributed by atoms with Gasteiger partial charge in [0.15, 0.2) is 0 Å². The molecule has 2 bridgehead atoms. The van der Waals surface area contributed by atoms with Gasteiger partial charge in [0.25, 0.3) is 11.8 Å². The zero-order valence-corrected chi connectivity index (χ0v) is 17.4. The molecule has 0 radical (unpaired) electrons. The first-order valence-corrected chi connectivity index (χ1v) is 10.4. The van der Waals surface area contributed by atoms with E-state index in [9.17, 15) is 9.59 Å². The summed E-state index contributed by atoms with van der Waals surface area (Å²) in [5.41, 5.74) is 3.96. The number of benzene rings is 1. The normalized spacial score (nSPS) is 27.4. The fourth-order valence-corrected chi connectivity index (χ4v) is 5.34. The first kappa shape index (κ1) is 18.9. The van der Waals surface area contributed by atoms with Crippen LogP contribution < -0.4 is 4.74 Å². The molecule has 3 aliphatic carbocycles. The molecule has 2 aromatic rings. The number of imide groups is 1. The van der Waals surface area contributed by atoms with E-state index in [1.54, 1.807) is 13.3 Å². The number of aryl methyl sites for hydroxylation is 1. The smallest absolute Gasteiger partial charge is 0.254 e. The molecular formula is C24H25N3O3. The summed E-state index contributed by atoms with van der Waals surface area (Å²) in [5, 5.41) is 5.48. The molecule has 1 saturated carbocycles. The van der Waals surface area contributed by atoms with Gasteiger partial charge in [0, 0.05) is 22.6 Å². The van der Waals surface area contributed by atoms with Crippen molar-refractivity contribution in [3.8, 4) is 11.4 Å². The fraction of sp³-hybridized carbons (Fsp3) is 0.375. The lowest BCUT2D eigenvalue weighted by Gasteiger charge is -2.37. The van der Waals surface area contributed by atoms with Gasteiger partial charge in [-0.15, -0.1) is 0 Å². The number of hydrazone groups is 1. The average Bonchev–Trinajstić information content (AvgIpc) is 3.21. The largest absolute Gasteiger partial charge is 0.497 e. The highest BCUT2D eigenvalue weighted by molar-refractivity contribution is 6.06. The minimum absolute atomic E-state index is 0.149. The van der Waals surface area contributed by atoms with E-state index in [-0.39, 0.29) is 35.5 Å². The topological polar surface area (TPSA) is 63.9 Å². The predicted molar refractivity (Wildman–Crippen MR) is 114 cm³/mol. The molecule has 154 valence electrons. The molecule has 1 saturated heterocycles. The molecule has 1 aromatic carbocycles. The number of nitrogens with zero attached hydrogens (tertiary/aromatic N) is 3. The van der Waals surface area contributed by atoms with Gasteiger partial charge in [-0.05, 0) is 68.9 Å². The predicted octanol–water partition coefficient (Wildman–Crippen LogP) is 3.63. The van der Waals surface area contributed by atoms with Gasteiger partial charge in [-0.2, -0.15) is 10.1 Å². The molecule has 0 unspecified atom stereocenters. The van der Waals surface area contributed by atoms with Crippen molar-refractivity contribution < 1.29 is 14.3 Å². The van der Waals surface area contributed by atoms with E-state index in [4.69, 9.17) is 4.74 Å². The Bertz CT molecular complexity index is 1050. The van der Waals surface area contributed by atoms with Crippen LogP contribution in [0.15, 0.2) is 47.6 Å². The van der Waals surface area contributed by atoms with Crippen LogP contribution in [0.2, 0.25) is 0 Å². The van der Waals surface area contributed by atoms with Gasteiger partial charge >= 0.3 is 0 Å². The number of allylic oxidation sites excluding steroid dienone is 2. The SMILES string of the molecule is COc1ccc(-n2c(C)cc(/C=N\N3C(=O)[C@@H]4[C@H](C3=O)[C@H]3C=C[C@H]4CC3)c2C)cc1. The Labute approximate surface area is 175 Å². The van der Waals surface area contributed by atoms with Gasteiger partial charge in [0.1, 0.15) is 5.75 Å². The number of methoxy groups -OCH3 is 1. The zero-order valence-electron chi connectivity index (χ0n) is 17.4. The van der Waals surface area contributed by atoms with E-state index in [1.807, 2.05) is 44.2 Å². The number of ether oxygens (including phenoxy) is 1. The number of rotatable bonds is 4. The van der Waals surface area contributed by atoms with Gasteiger partial charge < -0.3 is 9.30 Å². The van der Waals surface area contributed by atoms with Crippen LogP contribution in [0.5, 0.6) is 5.75 Å². The monoisotopic (exact) mass is 403 g/mol. The maximum atomic E-state index is 12.9. The summed E-state index contributed by atoms with van der Waals surface area (Å²) in [6.45, 7) is 4.04. The molecular weight excluding hydrogens is 378 g/mol. The minimum Gasteiger partial charge on any atom is -0.497 e. The van der Waals surface area contributed by atoms with Crippen LogP contribution in [0.1, 0.15) is 29.8 Å². The summed E-state index contributed by atoms with van der Waals surface area (Å²) in [6.07, 6.45) is 7.86. The van der Waals surface area contributed by atoms with Crippen molar-refractivity contribution in [2.24, 2.45) is 28.8 Å². The van der Waals surface area contributed by atoms with Gasteiger partial charge in [0.2, 0.25) is 0 Å². The maximum absolute atomic E-state index is 12.9. The van der Waals surface area contributed by atoms with Gasteiger partial charge in [0.05, 0.1) is 25.2 Å². The average molecular weight is 403 g/mol. The summed E-state index contributed by atoms with van der Waals surface area (Å²) in [4.78, 5) is 25.9. The summed E-state index contributed by atoms with van der Waals surface area (Å²) in [6, 6.07) is 9.87. The second kappa shape index (κ2) is 6.97. The van der Waals surface area contributed by atoms with Crippen LogP contribution in [0.25, 0.3) is 5.69 Å². The lowest BCUT2D eigenvalue weighted by molar-refractivity contribution is -0.140. The molecule has 4 aliphatic rings. The van der Waals surface area contributed by atoms with Gasteiger partial charge in [-0.1, -0.05) is 12.2 Å². The highest BCUT2D eigenvalue weighted by Crippen LogP contribution is 2.49. The Morgan fingerprint density at radius 3 is 2.13 bits per heavy atom. The highest BCUT2D eigenvalue weighted by atomic mass is 16.5. The Hall–Kier alpha value is -3.15. The van der Waals surface area contributed by atoms with Crippen molar-refractivity contribution in [1.82, 2.24) is 9.58 Å². The molecule has 2 amide bonds. The van der Waals surface area contributed by atoms with E-state index in [1.165, 1.54) is 0 Å². The van der Waals surface area contributed by atoms with E-state index in [0.29, 0.717) is 0 Å². The zero-order chi connectivity index (χ0) is 21.0. The quantitative estimate of drug-likeness (QED) is 0.445. The van der Waals surface area contributed by atoms with E-state index in [0.717, 1.165) is 46.2 Å². The van der Waals surface area contributed by atoms with Crippen LogP contribution >= 0.6 is 0 Å². The lowest BCUT2D eigenvalue weighted by Crippen LogP contribution is -2.38.